The molecule has 0 aliphatic heterocycles. The van der Waals surface area contributed by atoms with Crippen molar-refractivity contribution in [1.29, 1.82) is 0 Å². The first kappa shape index (κ1) is 15.6. The van der Waals surface area contributed by atoms with Gasteiger partial charge in [0.05, 0.1) is 6.04 Å². The molecule has 0 saturated carbocycles. The Labute approximate surface area is 133 Å². The van der Waals surface area contributed by atoms with Crippen molar-refractivity contribution in [2.24, 2.45) is 0 Å². The van der Waals surface area contributed by atoms with E-state index in [4.69, 9.17) is 5.73 Å². The number of H-pyrrole nitrogens is 1. The van der Waals surface area contributed by atoms with Crippen LogP contribution in [0.1, 0.15) is 42.4 Å². The number of aromatic amines is 1. The topological polar surface area (TPSA) is 62.1 Å². The number of hydrogen-bond acceptors (Lipinski definition) is 2. The summed E-state index contributed by atoms with van der Waals surface area (Å²) in [5, 5.41) is 0. The van der Waals surface area contributed by atoms with Crippen LogP contribution in [0.25, 0.3) is 0 Å². The van der Waals surface area contributed by atoms with Crippen molar-refractivity contribution in [3.8, 4) is 0 Å². The highest BCUT2D eigenvalue weighted by Crippen LogP contribution is 2.28. The Morgan fingerprint density at radius 3 is 2.71 bits per heavy atom. The summed E-state index contributed by atoms with van der Waals surface area (Å²) in [6.45, 7) is 4.80. The van der Waals surface area contributed by atoms with Crippen molar-refractivity contribution in [2.75, 3.05) is 12.3 Å². The summed E-state index contributed by atoms with van der Waals surface area (Å²) in [5.41, 5.74) is 7.89. The minimum atomic E-state index is -0.0307. The quantitative estimate of drug-likeness (QED) is 0.857. The zero-order valence-corrected chi connectivity index (χ0v) is 13.9. The molecule has 1 aromatic heterocycles. The summed E-state index contributed by atoms with van der Waals surface area (Å²) >= 11 is 3.56. The Bertz CT molecular complexity index is 623. The van der Waals surface area contributed by atoms with Gasteiger partial charge in [0.2, 0.25) is 0 Å². The molecular formula is C16H20BrN3O. The Hall–Kier alpha value is -1.75. The molecular weight excluding hydrogens is 330 g/mol. The summed E-state index contributed by atoms with van der Waals surface area (Å²) in [6, 6.07) is 9.64. The number of nitrogens with one attached hydrogen (secondary N) is 1. The van der Waals surface area contributed by atoms with Crippen molar-refractivity contribution < 1.29 is 4.79 Å². The average molecular weight is 350 g/mol. The van der Waals surface area contributed by atoms with Gasteiger partial charge in [0.25, 0.3) is 5.91 Å². The number of anilines is 1. The van der Waals surface area contributed by atoms with Crippen LogP contribution < -0.4 is 5.73 Å². The number of nitrogens with two attached hydrogens (primary N) is 1. The van der Waals surface area contributed by atoms with E-state index >= 15 is 0 Å². The van der Waals surface area contributed by atoms with Crippen molar-refractivity contribution in [3.63, 3.8) is 0 Å². The van der Waals surface area contributed by atoms with Crippen molar-refractivity contribution in [1.82, 2.24) is 9.88 Å². The molecule has 1 unspecified atom stereocenters. The van der Waals surface area contributed by atoms with E-state index in [1.54, 1.807) is 12.3 Å². The second-order valence-electron chi connectivity index (χ2n) is 5.04. The Morgan fingerprint density at radius 1 is 1.43 bits per heavy atom. The van der Waals surface area contributed by atoms with Crippen molar-refractivity contribution >= 4 is 27.5 Å². The number of carbonyl (C=O) groups is 1. The maximum Gasteiger partial charge on any atom is 0.270 e. The predicted octanol–water partition coefficient (Wildman–Crippen LogP) is 3.97. The minimum absolute atomic E-state index is 0.0162. The van der Waals surface area contributed by atoms with Crippen LogP contribution >= 0.6 is 15.9 Å². The van der Waals surface area contributed by atoms with Crippen molar-refractivity contribution in [2.45, 2.75) is 26.3 Å². The number of aromatic nitrogens is 1. The fraction of sp³-hybridized carbons (Fsp3) is 0.312. The van der Waals surface area contributed by atoms with Crippen LogP contribution in [0, 0.1) is 0 Å². The van der Waals surface area contributed by atoms with Crippen LogP contribution in [0.15, 0.2) is 41.0 Å². The van der Waals surface area contributed by atoms with Crippen LogP contribution in [-0.4, -0.2) is 22.3 Å². The van der Waals surface area contributed by atoms with Crippen LogP contribution in [0.3, 0.4) is 0 Å². The van der Waals surface area contributed by atoms with Gasteiger partial charge in [0.1, 0.15) is 5.69 Å². The molecule has 1 aromatic carbocycles. The third-order valence-corrected chi connectivity index (χ3v) is 4.21. The molecule has 5 heteroatoms. The summed E-state index contributed by atoms with van der Waals surface area (Å²) in [7, 11) is 0. The lowest BCUT2D eigenvalue weighted by molar-refractivity contribution is 0.0685. The highest BCUT2D eigenvalue weighted by atomic mass is 79.9. The fourth-order valence-electron chi connectivity index (χ4n) is 2.38. The molecule has 2 rings (SSSR count). The molecule has 0 bridgehead atoms. The van der Waals surface area contributed by atoms with Gasteiger partial charge >= 0.3 is 0 Å². The third kappa shape index (κ3) is 3.47. The number of benzene rings is 1. The molecule has 0 saturated heterocycles. The number of nitrogens with zero attached hydrogens (tertiary/aromatic N) is 1. The molecule has 0 aliphatic carbocycles. The largest absolute Gasteiger partial charge is 0.397 e. The normalized spacial score (nSPS) is 12.1. The van der Waals surface area contributed by atoms with Gasteiger partial charge in [0.15, 0.2) is 0 Å². The van der Waals surface area contributed by atoms with Gasteiger partial charge in [-0.3, -0.25) is 4.79 Å². The van der Waals surface area contributed by atoms with Gasteiger partial charge in [-0.2, -0.15) is 0 Å². The summed E-state index contributed by atoms with van der Waals surface area (Å²) in [6.07, 6.45) is 2.54. The van der Waals surface area contributed by atoms with Gasteiger partial charge in [-0.05, 0) is 31.0 Å². The van der Waals surface area contributed by atoms with Crippen LogP contribution in [-0.2, 0) is 0 Å². The minimum Gasteiger partial charge on any atom is -0.397 e. The molecule has 0 spiro atoms. The Morgan fingerprint density at radius 2 is 2.14 bits per heavy atom. The number of hydrogen-bond donors (Lipinski definition) is 2. The van der Waals surface area contributed by atoms with Gasteiger partial charge in [-0.25, -0.2) is 0 Å². The second-order valence-corrected chi connectivity index (χ2v) is 5.90. The van der Waals surface area contributed by atoms with Gasteiger partial charge in [0, 0.05) is 22.9 Å². The van der Waals surface area contributed by atoms with Crippen LogP contribution in [0.4, 0.5) is 5.69 Å². The van der Waals surface area contributed by atoms with E-state index < -0.39 is 0 Å². The Balaban J connectivity index is 2.30. The maximum absolute atomic E-state index is 12.7. The van der Waals surface area contributed by atoms with Gasteiger partial charge in [-0.15, -0.1) is 0 Å². The number of carbonyl (C=O) groups excluding carboxylic acids is 1. The van der Waals surface area contributed by atoms with E-state index in [2.05, 4.69) is 27.8 Å². The molecule has 2 aromatic rings. The second kappa shape index (κ2) is 6.80. The first-order valence-corrected chi connectivity index (χ1v) is 7.83. The van der Waals surface area contributed by atoms with E-state index in [0.717, 1.165) is 16.5 Å². The molecule has 1 amide bonds. The molecule has 3 N–H and O–H groups in total. The summed E-state index contributed by atoms with van der Waals surface area (Å²) in [5.74, 6) is -0.0307. The highest BCUT2D eigenvalue weighted by Gasteiger charge is 2.24. The molecule has 0 aliphatic rings. The van der Waals surface area contributed by atoms with E-state index in [1.165, 1.54) is 0 Å². The monoisotopic (exact) mass is 349 g/mol. The molecule has 1 heterocycles. The first-order valence-electron chi connectivity index (χ1n) is 7.03. The van der Waals surface area contributed by atoms with Gasteiger partial charge in [-0.1, -0.05) is 41.1 Å². The zero-order valence-electron chi connectivity index (χ0n) is 12.3. The van der Waals surface area contributed by atoms with E-state index in [1.807, 2.05) is 36.1 Å². The molecule has 0 fully saturated rings. The lowest BCUT2D eigenvalue weighted by atomic mass is 10.1. The van der Waals surface area contributed by atoms with Gasteiger partial charge < -0.3 is 15.6 Å². The molecule has 21 heavy (non-hydrogen) atoms. The fourth-order valence-corrected chi connectivity index (χ4v) is 3.00. The summed E-state index contributed by atoms with van der Waals surface area (Å²) in [4.78, 5) is 17.5. The average Bonchev–Trinajstić information content (AvgIpc) is 2.90. The number of rotatable bonds is 5. The summed E-state index contributed by atoms with van der Waals surface area (Å²) < 4.78 is 1.01. The number of halogens is 1. The highest BCUT2D eigenvalue weighted by molar-refractivity contribution is 9.10. The maximum atomic E-state index is 12.7. The lowest BCUT2D eigenvalue weighted by Gasteiger charge is -2.29. The molecule has 0 radical (unpaired) electrons. The lowest BCUT2D eigenvalue weighted by Crippen LogP contribution is -2.34. The van der Waals surface area contributed by atoms with Crippen molar-refractivity contribution in [3.05, 3.63) is 52.3 Å². The smallest absolute Gasteiger partial charge is 0.270 e. The SMILES string of the molecule is CCCN(C(=O)c1cc(N)c[nH]1)C(C)c1ccccc1Br. The Kier molecular flexibility index (Phi) is 5.07. The number of nitrogen functional groups attached to an aromatic ring is 1. The molecule has 1 atom stereocenters. The van der Waals surface area contributed by atoms with Crippen LogP contribution in [0.5, 0.6) is 0 Å². The van der Waals surface area contributed by atoms with Crippen LogP contribution in [0.2, 0.25) is 0 Å². The third-order valence-electron chi connectivity index (χ3n) is 3.48. The standard InChI is InChI=1S/C16H20BrN3O/c1-3-8-20(16(21)15-9-12(18)10-19-15)11(2)13-6-4-5-7-14(13)17/h4-7,9-11,19H,3,8,18H2,1-2H3. The molecule has 4 nitrogen and oxygen atoms in total. The predicted molar refractivity (Wildman–Crippen MR) is 89.1 cm³/mol. The molecule has 112 valence electrons. The first-order chi connectivity index (χ1) is 10.0. The van der Waals surface area contributed by atoms with E-state index in [0.29, 0.717) is 17.9 Å². The number of amides is 1. The van der Waals surface area contributed by atoms with E-state index in [-0.39, 0.29) is 11.9 Å². The zero-order chi connectivity index (χ0) is 15.4. The van der Waals surface area contributed by atoms with E-state index in [9.17, 15) is 4.79 Å².